The number of rotatable bonds is 4. The first-order valence-electron chi connectivity index (χ1n) is 6.92. The van der Waals surface area contributed by atoms with Gasteiger partial charge in [-0.2, -0.15) is 0 Å². The molecule has 2 amide bonds. The van der Waals surface area contributed by atoms with Crippen LogP contribution in [0.2, 0.25) is 0 Å². The standard InChI is InChI=1S/C13H17N3O2S2/c17-11(5-6-16-7-8-19-13(16)18)15-12-14-9-3-1-2-4-10(9)20-12/h1-8H2,(H,14,15,17). The Morgan fingerprint density at radius 3 is 2.95 bits per heavy atom. The summed E-state index contributed by atoms with van der Waals surface area (Å²) >= 11 is 2.92. The lowest BCUT2D eigenvalue weighted by molar-refractivity contribution is -0.116. The predicted octanol–water partition coefficient (Wildman–Crippen LogP) is 2.52. The van der Waals surface area contributed by atoms with Crippen LogP contribution >= 0.6 is 23.1 Å². The summed E-state index contributed by atoms with van der Waals surface area (Å²) in [6.45, 7) is 1.26. The molecule has 1 aromatic rings. The minimum Gasteiger partial charge on any atom is -0.332 e. The number of hydrogen-bond donors (Lipinski definition) is 1. The highest BCUT2D eigenvalue weighted by molar-refractivity contribution is 8.13. The molecule has 0 unspecified atom stereocenters. The van der Waals surface area contributed by atoms with E-state index in [0.29, 0.717) is 18.1 Å². The van der Waals surface area contributed by atoms with Crippen LogP contribution in [0.15, 0.2) is 0 Å². The van der Waals surface area contributed by atoms with Crippen molar-refractivity contribution in [3.63, 3.8) is 0 Å². The van der Waals surface area contributed by atoms with Gasteiger partial charge in [0.05, 0.1) is 5.69 Å². The van der Waals surface area contributed by atoms with Crippen molar-refractivity contribution in [3.05, 3.63) is 10.6 Å². The van der Waals surface area contributed by atoms with Gasteiger partial charge in [0.25, 0.3) is 5.24 Å². The summed E-state index contributed by atoms with van der Waals surface area (Å²) in [5.74, 6) is 0.778. The molecule has 1 saturated heterocycles. The number of aryl methyl sites for hydroxylation is 2. The summed E-state index contributed by atoms with van der Waals surface area (Å²) < 4.78 is 0. The van der Waals surface area contributed by atoms with E-state index in [1.54, 1.807) is 16.2 Å². The largest absolute Gasteiger partial charge is 0.332 e. The molecule has 0 atom stereocenters. The van der Waals surface area contributed by atoms with E-state index in [1.165, 1.54) is 29.5 Å². The fourth-order valence-corrected chi connectivity index (χ4v) is 4.37. The van der Waals surface area contributed by atoms with Crippen LogP contribution < -0.4 is 5.32 Å². The topological polar surface area (TPSA) is 62.3 Å². The van der Waals surface area contributed by atoms with Gasteiger partial charge in [-0.3, -0.25) is 9.59 Å². The fraction of sp³-hybridized carbons (Fsp3) is 0.615. The van der Waals surface area contributed by atoms with Crippen LogP contribution in [0.4, 0.5) is 9.93 Å². The van der Waals surface area contributed by atoms with E-state index in [-0.39, 0.29) is 11.1 Å². The Morgan fingerprint density at radius 2 is 2.20 bits per heavy atom. The van der Waals surface area contributed by atoms with Gasteiger partial charge >= 0.3 is 0 Å². The number of thiazole rings is 1. The molecule has 1 aromatic heterocycles. The van der Waals surface area contributed by atoms with Crippen LogP contribution in [0.1, 0.15) is 29.8 Å². The average Bonchev–Trinajstić information content (AvgIpc) is 3.01. The second-order valence-corrected chi connectivity index (χ2v) is 7.13. The number of thioether (sulfide) groups is 1. The van der Waals surface area contributed by atoms with E-state index in [9.17, 15) is 9.59 Å². The first-order chi connectivity index (χ1) is 9.72. The SMILES string of the molecule is O=C(CCN1CCSC1=O)Nc1nc2c(s1)CCCC2. The Kier molecular flexibility index (Phi) is 4.26. The molecule has 7 heteroatoms. The van der Waals surface area contributed by atoms with Crippen molar-refractivity contribution in [3.8, 4) is 0 Å². The monoisotopic (exact) mass is 311 g/mol. The minimum atomic E-state index is -0.0548. The molecule has 5 nitrogen and oxygen atoms in total. The zero-order chi connectivity index (χ0) is 13.9. The highest BCUT2D eigenvalue weighted by atomic mass is 32.2. The van der Waals surface area contributed by atoms with Crippen molar-refractivity contribution in [1.29, 1.82) is 0 Å². The van der Waals surface area contributed by atoms with Gasteiger partial charge in [0.1, 0.15) is 0 Å². The highest BCUT2D eigenvalue weighted by Gasteiger charge is 2.22. The molecule has 0 aromatic carbocycles. The zero-order valence-corrected chi connectivity index (χ0v) is 12.8. The molecule has 1 aliphatic carbocycles. The number of carbonyl (C=O) groups excluding carboxylic acids is 2. The molecule has 20 heavy (non-hydrogen) atoms. The Labute approximate surface area is 126 Å². The second-order valence-electron chi connectivity index (χ2n) is 5.00. The van der Waals surface area contributed by atoms with E-state index < -0.39 is 0 Å². The van der Waals surface area contributed by atoms with Gasteiger partial charge in [-0.05, 0) is 25.7 Å². The van der Waals surface area contributed by atoms with Crippen LogP contribution in [0.25, 0.3) is 0 Å². The summed E-state index contributed by atoms with van der Waals surface area (Å²) in [6.07, 6.45) is 4.87. The van der Waals surface area contributed by atoms with Gasteiger partial charge < -0.3 is 10.2 Å². The van der Waals surface area contributed by atoms with Gasteiger partial charge in [-0.1, -0.05) is 11.8 Å². The lowest BCUT2D eigenvalue weighted by atomic mass is 10.0. The van der Waals surface area contributed by atoms with E-state index in [4.69, 9.17) is 0 Å². The Balaban J connectivity index is 1.51. The van der Waals surface area contributed by atoms with E-state index in [2.05, 4.69) is 10.3 Å². The van der Waals surface area contributed by atoms with Crippen LogP contribution in [0, 0.1) is 0 Å². The third-order valence-corrected chi connectivity index (χ3v) is 5.51. The summed E-state index contributed by atoms with van der Waals surface area (Å²) in [5, 5.41) is 3.66. The smallest absolute Gasteiger partial charge is 0.281 e. The molecule has 1 N–H and O–H groups in total. The number of hydrogen-bond acceptors (Lipinski definition) is 5. The Bertz CT molecular complexity index is 506. The first-order valence-corrected chi connectivity index (χ1v) is 8.73. The quantitative estimate of drug-likeness (QED) is 0.928. The second kappa shape index (κ2) is 6.13. The molecule has 0 spiro atoms. The number of nitrogens with zero attached hydrogens (tertiary/aromatic N) is 2. The van der Waals surface area contributed by atoms with E-state index in [0.717, 1.165) is 30.8 Å². The van der Waals surface area contributed by atoms with Gasteiger partial charge in [0, 0.05) is 30.1 Å². The Morgan fingerprint density at radius 1 is 1.35 bits per heavy atom. The Hall–Kier alpha value is -1.08. The van der Waals surface area contributed by atoms with Crippen LogP contribution in [-0.2, 0) is 17.6 Å². The normalized spacial score (nSPS) is 18.2. The summed E-state index contributed by atoms with van der Waals surface area (Å²) in [6, 6.07) is 0. The number of fused-ring (bicyclic) bond motifs is 1. The van der Waals surface area contributed by atoms with Crippen molar-refractivity contribution in [2.75, 3.05) is 24.2 Å². The number of aromatic nitrogens is 1. The molecule has 2 aliphatic rings. The molecule has 0 bridgehead atoms. The van der Waals surface area contributed by atoms with Crippen molar-refractivity contribution in [2.45, 2.75) is 32.1 Å². The number of carbonyl (C=O) groups is 2. The van der Waals surface area contributed by atoms with Gasteiger partial charge in [0.15, 0.2) is 5.13 Å². The zero-order valence-electron chi connectivity index (χ0n) is 11.2. The third-order valence-electron chi connectivity index (χ3n) is 3.55. The van der Waals surface area contributed by atoms with E-state index >= 15 is 0 Å². The maximum absolute atomic E-state index is 11.9. The van der Waals surface area contributed by atoms with Crippen molar-refractivity contribution < 1.29 is 9.59 Å². The summed E-state index contributed by atoms with van der Waals surface area (Å²) in [4.78, 5) is 30.9. The van der Waals surface area contributed by atoms with Crippen LogP contribution in [-0.4, -0.2) is 39.9 Å². The lowest BCUT2D eigenvalue weighted by Gasteiger charge is -2.13. The summed E-state index contributed by atoms with van der Waals surface area (Å²) in [5.41, 5.74) is 1.16. The predicted molar refractivity (Wildman–Crippen MR) is 81.4 cm³/mol. The molecule has 0 saturated carbocycles. The lowest BCUT2D eigenvalue weighted by Crippen LogP contribution is -2.27. The first kappa shape index (κ1) is 13.9. The number of amides is 2. The van der Waals surface area contributed by atoms with Crippen molar-refractivity contribution >= 4 is 39.4 Å². The van der Waals surface area contributed by atoms with Gasteiger partial charge in [0.2, 0.25) is 5.91 Å². The van der Waals surface area contributed by atoms with Gasteiger partial charge in [-0.15, -0.1) is 11.3 Å². The average molecular weight is 311 g/mol. The minimum absolute atomic E-state index is 0.0548. The van der Waals surface area contributed by atoms with Crippen molar-refractivity contribution in [1.82, 2.24) is 9.88 Å². The molecule has 3 rings (SSSR count). The number of anilines is 1. The molecule has 1 aliphatic heterocycles. The van der Waals surface area contributed by atoms with E-state index in [1.807, 2.05) is 0 Å². The third kappa shape index (κ3) is 3.15. The van der Waals surface area contributed by atoms with Gasteiger partial charge in [-0.25, -0.2) is 4.98 Å². The molecule has 1 fully saturated rings. The number of nitrogens with one attached hydrogen (secondary N) is 1. The molecular weight excluding hydrogens is 294 g/mol. The molecule has 108 valence electrons. The van der Waals surface area contributed by atoms with Crippen molar-refractivity contribution in [2.24, 2.45) is 0 Å². The fourth-order valence-electron chi connectivity index (χ4n) is 2.45. The molecular formula is C13H17N3O2S2. The highest BCUT2D eigenvalue weighted by Crippen LogP contribution is 2.29. The molecule has 2 heterocycles. The molecule has 0 radical (unpaired) electrons. The van der Waals surface area contributed by atoms with Crippen LogP contribution in [0.5, 0.6) is 0 Å². The maximum Gasteiger partial charge on any atom is 0.281 e. The van der Waals surface area contributed by atoms with Crippen LogP contribution in [0.3, 0.4) is 0 Å². The maximum atomic E-state index is 11.9. The summed E-state index contributed by atoms with van der Waals surface area (Å²) in [7, 11) is 0.